The molecule has 0 radical (unpaired) electrons. The van der Waals surface area contributed by atoms with E-state index in [4.69, 9.17) is 0 Å². The summed E-state index contributed by atoms with van der Waals surface area (Å²) < 4.78 is 38.9. The molecule has 1 aliphatic carbocycles. The van der Waals surface area contributed by atoms with Crippen LogP contribution in [0.1, 0.15) is 29.5 Å². The number of amides is 2. The molecular formula is C32H25F3N2O. The number of urea groups is 1. The van der Waals surface area contributed by atoms with Gasteiger partial charge in [-0.2, -0.15) is 13.2 Å². The van der Waals surface area contributed by atoms with E-state index < -0.39 is 17.8 Å². The molecule has 0 spiro atoms. The first-order chi connectivity index (χ1) is 18.4. The molecule has 6 heteroatoms. The zero-order valence-electron chi connectivity index (χ0n) is 20.5. The van der Waals surface area contributed by atoms with E-state index in [9.17, 15) is 18.0 Å². The zero-order chi connectivity index (χ0) is 26.3. The SMILES string of the molecule is O=C(Nc1ccc(-c2cc3c4c(ccc3c3ccccc23)CCCC4)cc1)Nc1cccc(C(F)(F)F)c1. The summed E-state index contributed by atoms with van der Waals surface area (Å²) in [5.41, 5.74) is 4.85. The lowest BCUT2D eigenvalue weighted by atomic mass is 9.84. The van der Waals surface area contributed by atoms with Crippen molar-refractivity contribution in [3.8, 4) is 11.1 Å². The molecular weight excluding hydrogens is 485 g/mol. The molecule has 2 N–H and O–H groups in total. The lowest BCUT2D eigenvalue weighted by Crippen LogP contribution is -2.19. The molecule has 3 nitrogen and oxygen atoms in total. The Morgan fingerprint density at radius 3 is 2.16 bits per heavy atom. The van der Waals surface area contributed by atoms with Crippen LogP contribution in [0.5, 0.6) is 0 Å². The summed E-state index contributed by atoms with van der Waals surface area (Å²) in [5.74, 6) is 0. The van der Waals surface area contributed by atoms with Crippen molar-refractivity contribution in [1.82, 2.24) is 0 Å². The first kappa shape index (κ1) is 24.0. The highest BCUT2D eigenvalue weighted by molar-refractivity contribution is 6.14. The number of carbonyl (C=O) groups is 1. The molecule has 38 heavy (non-hydrogen) atoms. The molecule has 6 rings (SSSR count). The molecule has 0 saturated carbocycles. The molecule has 0 unspecified atom stereocenters. The molecule has 0 heterocycles. The van der Waals surface area contributed by atoms with Crippen LogP contribution < -0.4 is 10.6 Å². The number of hydrogen-bond donors (Lipinski definition) is 2. The number of rotatable bonds is 3. The fourth-order valence-corrected chi connectivity index (χ4v) is 5.47. The Morgan fingerprint density at radius 1 is 0.658 bits per heavy atom. The molecule has 0 fully saturated rings. The van der Waals surface area contributed by atoms with Gasteiger partial charge in [-0.15, -0.1) is 0 Å². The fraction of sp³-hybridized carbons (Fsp3) is 0.156. The third kappa shape index (κ3) is 4.58. The third-order valence-electron chi connectivity index (χ3n) is 7.27. The maximum Gasteiger partial charge on any atom is 0.416 e. The number of benzene rings is 5. The molecule has 2 amide bonds. The second-order valence-electron chi connectivity index (χ2n) is 9.71. The van der Waals surface area contributed by atoms with Gasteiger partial charge in [0.1, 0.15) is 0 Å². The van der Waals surface area contributed by atoms with E-state index in [1.807, 2.05) is 18.2 Å². The molecule has 5 aromatic rings. The highest BCUT2D eigenvalue weighted by Crippen LogP contribution is 2.39. The smallest absolute Gasteiger partial charge is 0.308 e. The average Bonchev–Trinajstić information content (AvgIpc) is 2.92. The first-order valence-electron chi connectivity index (χ1n) is 12.7. The van der Waals surface area contributed by atoms with Crippen LogP contribution in [0, 0.1) is 0 Å². The highest BCUT2D eigenvalue weighted by Gasteiger charge is 2.30. The third-order valence-corrected chi connectivity index (χ3v) is 7.27. The largest absolute Gasteiger partial charge is 0.416 e. The summed E-state index contributed by atoms with van der Waals surface area (Å²) in [7, 11) is 0. The second-order valence-corrected chi connectivity index (χ2v) is 9.71. The lowest BCUT2D eigenvalue weighted by Gasteiger charge is -2.20. The van der Waals surface area contributed by atoms with Gasteiger partial charge < -0.3 is 10.6 Å². The van der Waals surface area contributed by atoms with Crippen molar-refractivity contribution in [2.75, 3.05) is 10.6 Å². The minimum Gasteiger partial charge on any atom is -0.308 e. The van der Waals surface area contributed by atoms with Gasteiger partial charge in [-0.3, -0.25) is 0 Å². The normalized spacial score (nSPS) is 13.3. The van der Waals surface area contributed by atoms with Gasteiger partial charge in [-0.25, -0.2) is 4.79 Å². The van der Waals surface area contributed by atoms with Crippen LogP contribution in [0.4, 0.5) is 29.3 Å². The van der Waals surface area contributed by atoms with Gasteiger partial charge in [-0.05, 0) is 106 Å². The van der Waals surface area contributed by atoms with Crippen molar-refractivity contribution >= 4 is 39.0 Å². The summed E-state index contributed by atoms with van der Waals surface area (Å²) in [6, 6.07) is 26.7. The Labute approximate surface area is 218 Å². The van der Waals surface area contributed by atoms with Gasteiger partial charge in [0, 0.05) is 11.4 Å². The topological polar surface area (TPSA) is 41.1 Å². The summed E-state index contributed by atoms with van der Waals surface area (Å²) in [4.78, 5) is 12.5. The van der Waals surface area contributed by atoms with E-state index in [0.717, 1.165) is 36.1 Å². The number of fused-ring (bicyclic) bond motifs is 5. The van der Waals surface area contributed by atoms with Crippen LogP contribution in [0.15, 0.2) is 91.0 Å². The number of carbonyl (C=O) groups excluding carboxylic acids is 1. The Balaban J connectivity index is 1.29. The molecule has 0 atom stereocenters. The minimum absolute atomic E-state index is 0.0694. The van der Waals surface area contributed by atoms with E-state index in [2.05, 4.69) is 47.0 Å². The first-order valence-corrected chi connectivity index (χ1v) is 12.7. The molecule has 0 aromatic heterocycles. The Kier molecular flexibility index (Phi) is 6.03. The number of halogens is 3. The number of nitrogens with one attached hydrogen (secondary N) is 2. The van der Waals surface area contributed by atoms with Gasteiger partial charge in [0.05, 0.1) is 5.56 Å². The maximum absolute atomic E-state index is 13.0. The Hall–Kier alpha value is -4.32. The fourth-order valence-electron chi connectivity index (χ4n) is 5.47. The van der Waals surface area contributed by atoms with Gasteiger partial charge in [0.2, 0.25) is 0 Å². The van der Waals surface area contributed by atoms with Crippen molar-refractivity contribution in [2.45, 2.75) is 31.9 Å². The van der Waals surface area contributed by atoms with E-state index >= 15 is 0 Å². The number of aryl methyl sites for hydroxylation is 2. The molecule has 0 saturated heterocycles. The van der Waals surface area contributed by atoms with E-state index in [1.54, 1.807) is 12.1 Å². The zero-order valence-corrected chi connectivity index (χ0v) is 20.5. The Morgan fingerprint density at radius 2 is 1.37 bits per heavy atom. The van der Waals surface area contributed by atoms with Crippen LogP contribution >= 0.6 is 0 Å². The quantitative estimate of drug-likeness (QED) is 0.233. The van der Waals surface area contributed by atoms with Crippen LogP contribution in [0.25, 0.3) is 32.7 Å². The maximum atomic E-state index is 13.0. The molecule has 5 aromatic carbocycles. The number of alkyl halides is 3. The van der Waals surface area contributed by atoms with Gasteiger partial charge in [-0.1, -0.05) is 54.6 Å². The average molecular weight is 511 g/mol. The van der Waals surface area contributed by atoms with Crippen molar-refractivity contribution in [2.24, 2.45) is 0 Å². The number of anilines is 2. The summed E-state index contributed by atoms with van der Waals surface area (Å²) in [6.45, 7) is 0. The van der Waals surface area contributed by atoms with E-state index in [1.165, 1.54) is 57.6 Å². The number of hydrogen-bond acceptors (Lipinski definition) is 1. The van der Waals surface area contributed by atoms with Crippen LogP contribution in [-0.4, -0.2) is 6.03 Å². The van der Waals surface area contributed by atoms with E-state index in [0.29, 0.717) is 5.69 Å². The summed E-state index contributed by atoms with van der Waals surface area (Å²) in [6.07, 6.45) is 0.173. The van der Waals surface area contributed by atoms with Crippen molar-refractivity contribution in [1.29, 1.82) is 0 Å². The Bertz CT molecular complexity index is 1670. The molecule has 1 aliphatic rings. The van der Waals surface area contributed by atoms with Crippen molar-refractivity contribution < 1.29 is 18.0 Å². The lowest BCUT2D eigenvalue weighted by molar-refractivity contribution is -0.137. The highest BCUT2D eigenvalue weighted by atomic mass is 19.4. The van der Waals surface area contributed by atoms with Gasteiger partial charge in [0.15, 0.2) is 0 Å². The molecule has 0 aliphatic heterocycles. The summed E-state index contributed by atoms with van der Waals surface area (Å²) in [5, 5.41) is 10.1. The predicted molar refractivity (Wildman–Crippen MR) is 148 cm³/mol. The van der Waals surface area contributed by atoms with Crippen LogP contribution in [-0.2, 0) is 19.0 Å². The van der Waals surface area contributed by atoms with Gasteiger partial charge >= 0.3 is 12.2 Å². The molecule has 0 bridgehead atoms. The van der Waals surface area contributed by atoms with Crippen LogP contribution in [0.2, 0.25) is 0 Å². The summed E-state index contributed by atoms with van der Waals surface area (Å²) >= 11 is 0. The van der Waals surface area contributed by atoms with E-state index in [-0.39, 0.29) is 5.69 Å². The predicted octanol–water partition coefficient (Wildman–Crippen LogP) is 9.20. The van der Waals surface area contributed by atoms with Crippen LogP contribution in [0.3, 0.4) is 0 Å². The minimum atomic E-state index is -4.48. The van der Waals surface area contributed by atoms with Crippen molar-refractivity contribution in [3.05, 3.63) is 108 Å². The molecule has 190 valence electrons. The van der Waals surface area contributed by atoms with Gasteiger partial charge in [0.25, 0.3) is 0 Å². The monoisotopic (exact) mass is 510 g/mol. The standard InChI is InChI=1S/C32H25F3N2O/c33-32(34,35)22-7-5-8-24(18-22)37-31(38)36-23-15-12-21(13-16-23)29-19-30-25-9-2-1-6-20(25)14-17-28(30)26-10-3-4-11-27(26)29/h3-5,7-8,10-19H,1-2,6,9H2,(H2,36,37,38). The van der Waals surface area contributed by atoms with Crippen molar-refractivity contribution in [3.63, 3.8) is 0 Å². The second kappa shape index (κ2) is 9.53.